The first-order valence-corrected chi connectivity index (χ1v) is 7.08. The number of hydrogen-bond donors (Lipinski definition) is 0. The predicted octanol–water partition coefficient (Wildman–Crippen LogP) is 3.53. The number of rotatable bonds is 4. The molecule has 1 aliphatic heterocycles. The summed E-state index contributed by atoms with van der Waals surface area (Å²) in [5.41, 5.74) is 2.01. The highest BCUT2D eigenvalue weighted by atomic mass is 32.2. The smallest absolute Gasteiger partial charge is 0.0991 e. The van der Waals surface area contributed by atoms with Gasteiger partial charge in [-0.2, -0.15) is 17.0 Å². The van der Waals surface area contributed by atoms with Gasteiger partial charge in [0.25, 0.3) is 0 Å². The molecule has 0 aromatic heterocycles. The monoisotopic (exact) mass is 247 g/mol. The molecule has 0 amide bonds. The third kappa shape index (κ3) is 3.49. The molecule has 0 unspecified atom stereocenters. The molecule has 1 saturated heterocycles. The second-order valence-corrected chi connectivity index (χ2v) is 5.72. The fourth-order valence-corrected chi connectivity index (χ4v) is 3.07. The van der Waals surface area contributed by atoms with Gasteiger partial charge in [-0.25, -0.2) is 0 Å². The van der Waals surface area contributed by atoms with E-state index in [0.717, 1.165) is 17.9 Å². The normalized spacial score (nSPS) is 21.1. The Labute approximate surface area is 107 Å². The molecule has 0 spiro atoms. The Morgan fingerprint density at radius 3 is 2.82 bits per heavy atom. The summed E-state index contributed by atoms with van der Waals surface area (Å²) in [5, 5.41) is 9.21. The van der Waals surface area contributed by atoms with Crippen LogP contribution < -0.4 is 0 Å². The molecule has 1 aromatic carbocycles. The molecule has 3 heteroatoms. The van der Waals surface area contributed by atoms with E-state index in [9.17, 15) is 0 Å². The molecule has 2 nitrogen and oxygen atoms in total. The van der Waals surface area contributed by atoms with Gasteiger partial charge in [-0.15, -0.1) is 0 Å². The van der Waals surface area contributed by atoms with Gasteiger partial charge in [-0.1, -0.05) is 12.1 Å². The van der Waals surface area contributed by atoms with Crippen molar-refractivity contribution in [1.82, 2.24) is 0 Å². The molecule has 0 radical (unpaired) electrons. The Morgan fingerprint density at radius 1 is 1.47 bits per heavy atom. The maximum absolute atomic E-state index is 8.74. The van der Waals surface area contributed by atoms with Crippen molar-refractivity contribution in [3.05, 3.63) is 35.4 Å². The number of thioether (sulfide) groups is 1. The van der Waals surface area contributed by atoms with Crippen LogP contribution in [0.2, 0.25) is 0 Å². The lowest BCUT2D eigenvalue weighted by molar-refractivity contribution is 0.129. The van der Waals surface area contributed by atoms with Crippen molar-refractivity contribution in [3.63, 3.8) is 0 Å². The summed E-state index contributed by atoms with van der Waals surface area (Å²) < 4.78 is 5.61. The van der Waals surface area contributed by atoms with Crippen LogP contribution in [0.4, 0.5) is 0 Å². The van der Waals surface area contributed by atoms with Gasteiger partial charge >= 0.3 is 0 Å². The summed E-state index contributed by atoms with van der Waals surface area (Å²) in [6.45, 7) is 3.14. The van der Waals surface area contributed by atoms with Crippen molar-refractivity contribution < 1.29 is 4.74 Å². The third-order valence-corrected chi connectivity index (χ3v) is 4.40. The van der Waals surface area contributed by atoms with Crippen LogP contribution in [0.1, 0.15) is 36.1 Å². The van der Waals surface area contributed by atoms with Gasteiger partial charge in [-0.05, 0) is 37.5 Å². The van der Waals surface area contributed by atoms with Crippen LogP contribution in [0.25, 0.3) is 0 Å². The molecule has 1 aromatic rings. The van der Waals surface area contributed by atoms with E-state index < -0.39 is 0 Å². The summed E-state index contributed by atoms with van der Waals surface area (Å²) in [5.74, 6) is 1.07. The Balaban J connectivity index is 1.85. The maximum atomic E-state index is 8.74. The zero-order valence-electron chi connectivity index (χ0n) is 10.1. The molecule has 0 N–H and O–H groups in total. The van der Waals surface area contributed by atoms with E-state index >= 15 is 0 Å². The SMILES string of the molecule is C[C@@H](SC[C@H]1CCCO1)c1ccc(C#N)cc1. The summed E-state index contributed by atoms with van der Waals surface area (Å²) in [6.07, 6.45) is 2.85. The third-order valence-electron chi connectivity index (χ3n) is 3.07. The zero-order valence-corrected chi connectivity index (χ0v) is 10.9. The average molecular weight is 247 g/mol. The summed E-state index contributed by atoms with van der Waals surface area (Å²) in [7, 11) is 0. The minimum atomic E-state index is 0.445. The largest absolute Gasteiger partial charge is 0.377 e. The Morgan fingerprint density at radius 2 is 2.24 bits per heavy atom. The number of nitriles is 1. The molecular weight excluding hydrogens is 230 g/mol. The zero-order chi connectivity index (χ0) is 12.1. The van der Waals surface area contributed by atoms with Gasteiger partial charge in [0.15, 0.2) is 0 Å². The lowest BCUT2D eigenvalue weighted by Crippen LogP contribution is -2.09. The summed E-state index contributed by atoms with van der Waals surface area (Å²) >= 11 is 1.93. The average Bonchev–Trinajstić information content (AvgIpc) is 2.89. The Bertz CT molecular complexity index is 390. The van der Waals surface area contributed by atoms with Gasteiger partial charge in [0.2, 0.25) is 0 Å². The van der Waals surface area contributed by atoms with Gasteiger partial charge in [0, 0.05) is 17.6 Å². The standard InChI is InChI=1S/C14H17NOS/c1-11(17-10-14-3-2-8-16-14)13-6-4-12(9-15)5-7-13/h4-7,11,14H,2-3,8,10H2,1H3/t11-,14-/m1/s1. The highest BCUT2D eigenvalue weighted by Gasteiger charge is 2.17. The van der Waals surface area contributed by atoms with Crippen LogP contribution in [-0.4, -0.2) is 18.5 Å². The van der Waals surface area contributed by atoms with Gasteiger partial charge < -0.3 is 4.74 Å². The van der Waals surface area contributed by atoms with Crippen molar-refractivity contribution in [1.29, 1.82) is 5.26 Å². The first-order valence-electron chi connectivity index (χ1n) is 6.03. The Hall–Kier alpha value is -0.980. The predicted molar refractivity (Wildman–Crippen MR) is 71.0 cm³/mol. The molecule has 0 saturated carbocycles. The van der Waals surface area contributed by atoms with Crippen LogP contribution in [0.5, 0.6) is 0 Å². The van der Waals surface area contributed by atoms with Crippen LogP contribution in [0.3, 0.4) is 0 Å². The van der Waals surface area contributed by atoms with E-state index in [1.165, 1.54) is 18.4 Å². The molecule has 0 aliphatic carbocycles. The fourth-order valence-electron chi connectivity index (χ4n) is 1.95. The van der Waals surface area contributed by atoms with E-state index in [1.54, 1.807) is 0 Å². The highest BCUT2D eigenvalue weighted by Crippen LogP contribution is 2.30. The first kappa shape index (κ1) is 12.5. The number of ether oxygens (including phenoxy) is 1. The van der Waals surface area contributed by atoms with Crippen LogP contribution in [0.15, 0.2) is 24.3 Å². The lowest BCUT2D eigenvalue weighted by atomic mass is 10.1. The van der Waals surface area contributed by atoms with Crippen molar-refractivity contribution in [2.24, 2.45) is 0 Å². The molecule has 2 atom stereocenters. The van der Waals surface area contributed by atoms with Crippen LogP contribution in [0, 0.1) is 11.3 Å². The second kappa shape index (κ2) is 6.09. The van der Waals surface area contributed by atoms with Crippen molar-refractivity contribution in [2.75, 3.05) is 12.4 Å². The van der Waals surface area contributed by atoms with Crippen LogP contribution >= 0.6 is 11.8 Å². The number of benzene rings is 1. The van der Waals surface area contributed by atoms with Crippen molar-refractivity contribution >= 4 is 11.8 Å². The molecule has 0 bridgehead atoms. The van der Waals surface area contributed by atoms with E-state index in [2.05, 4.69) is 13.0 Å². The Kier molecular flexibility index (Phi) is 4.47. The molecule has 17 heavy (non-hydrogen) atoms. The van der Waals surface area contributed by atoms with Gasteiger partial charge in [0.05, 0.1) is 17.7 Å². The molecule has 1 heterocycles. The first-order chi connectivity index (χ1) is 8.29. The summed E-state index contributed by atoms with van der Waals surface area (Å²) in [4.78, 5) is 0. The second-order valence-electron chi connectivity index (χ2n) is 4.34. The molecule has 1 fully saturated rings. The summed E-state index contributed by atoms with van der Waals surface area (Å²) in [6, 6.07) is 10.0. The maximum Gasteiger partial charge on any atom is 0.0991 e. The molecule has 2 rings (SSSR count). The molecular formula is C14H17NOS. The fraction of sp³-hybridized carbons (Fsp3) is 0.500. The minimum Gasteiger partial charge on any atom is -0.377 e. The van der Waals surface area contributed by atoms with Crippen LogP contribution in [-0.2, 0) is 4.74 Å². The quantitative estimate of drug-likeness (QED) is 0.816. The van der Waals surface area contributed by atoms with E-state index in [4.69, 9.17) is 10.00 Å². The number of hydrogen-bond acceptors (Lipinski definition) is 3. The number of nitrogens with zero attached hydrogens (tertiary/aromatic N) is 1. The lowest BCUT2D eigenvalue weighted by Gasteiger charge is -2.14. The van der Waals surface area contributed by atoms with Crippen molar-refractivity contribution in [3.8, 4) is 6.07 Å². The highest BCUT2D eigenvalue weighted by molar-refractivity contribution is 7.99. The van der Waals surface area contributed by atoms with E-state index in [1.807, 2.05) is 36.0 Å². The molecule has 1 aliphatic rings. The minimum absolute atomic E-state index is 0.445. The topological polar surface area (TPSA) is 33.0 Å². The van der Waals surface area contributed by atoms with Gasteiger partial charge in [-0.3, -0.25) is 0 Å². The van der Waals surface area contributed by atoms with E-state index in [-0.39, 0.29) is 0 Å². The molecule has 90 valence electrons. The van der Waals surface area contributed by atoms with Crippen molar-refractivity contribution in [2.45, 2.75) is 31.1 Å². The van der Waals surface area contributed by atoms with Gasteiger partial charge in [0.1, 0.15) is 0 Å². The van der Waals surface area contributed by atoms with E-state index in [0.29, 0.717) is 11.4 Å².